The number of amides is 1. The normalized spacial score (nSPS) is 28.1. The van der Waals surface area contributed by atoms with E-state index in [4.69, 9.17) is 0 Å². The van der Waals surface area contributed by atoms with Crippen LogP contribution in [0.2, 0.25) is 0 Å². The Morgan fingerprint density at radius 1 is 1.20 bits per heavy atom. The van der Waals surface area contributed by atoms with Gasteiger partial charge in [0.05, 0.1) is 12.1 Å². The molecule has 138 valence electrons. The van der Waals surface area contributed by atoms with Gasteiger partial charge >= 0.3 is 0 Å². The van der Waals surface area contributed by atoms with Gasteiger partial charge in [0.1, 0.15) is 5.82 Å². The van der Waals surface area contributed by atoms with Gasteiger partial charge in [-0.2, -0.15) is 0 Å². The minimum Gasteiger partial charge on any atom is -0.392 e. The molecule has 1 amide bonds. The predicted octanol–water partition coefficient (Wildman–Crippen LogP) is 0.979. The van der Waals surface area contributed by atoms with E-state index in [9.17, 15) is 9.90 Å². The first kappa shape index (κ1) is 17.0. The smallest absolute Gasteiger partial charge is 0.225 e. The molecule has 7 heteroatoms. The van der Waals surface area contributed by atoms with Crippen molar-refractivity contribution in [1.82, 2.24) is 24.6 Å². The zero-order valence-corrected chi connectivity index (χ0v) is 15.3. The molecule has 0 bridgehead atoms. The van der Waals surface area contributed by atoms with Crippen LogP contribution in [0, 0.1) is 5.92 Å². The van der Waals surface area contributed by atoms with Crippen molar-refractivity contribution in [2.75, 3.05) is 19.6 Å². The van der Waals surface area contributed by atoms with E-state index in [0.29, 0.717) is 24.9 Å². The molecule has 1 saturated heterocycles. The fourth-order valence-corrected chi connectivity index (χ4v) is 4.39. The fraction of sp³-hybridized carbons (Fsp3) is 0.833. The van der Waals surface area contributed by atoms with E-state index >= 15 is 0 Å². The van der Waals surface area contributed by atoms with Crippen LogP contribution in [0.5, 0.6) is 0 Å². The van der Waals surface area contributed by atoms with Crippen molar-refractivity contribution in [1.29, 1.82) is 0 Å². The number of aliphatic hydroxyl groups excluding tert-OH is 1. The van der Waals surface area contributed by atoms with Gasteiger partial charge in [0.25, 0.3) is 0 Å². The van der Waals surface area contributed by atoms with Crippen LogP contribution in [0.1, 0.15) is 57.2 Å². The molecule has 1 aliphatic carbocycles. The van der Waals surface area contributed by atoms with E-state index in [1.54, 1.807) is 0 Å². The summed E-state index contributed by atoms with van der Waals surface area (Å²) in [6.45, 7) is 7.25. The van der Waals surface area contributed by atoms with Gasteiger partial charge in [-0.3, -0.25) is 9.69 Å². The summed E-state index contributed by atoms with van der Waals surface area (Å²) in [4.78, 5) is 16.9. The average Bonchev–Trinajstić information content (AvgIpc) is 3.02. The molecular formula is C18H29N5O2. The molecule has 0 spiro atoms. The van der Waals surface area contributed by atoms with Crippen LogP contribution in [0.3, 0.4) is 0 Å². The van der Waals surface area contributed by atoms with E-state index < -0.39 is 0 Å². The highest BCUT2D eigenvalue weighted by Crippen LogP contribution is 2.34. The number of aliphatic hydroxyl groups is 1. The number of carbonyl (C=O) groups excluding carboxylic acids is 1. The number of β-amino-alcohol motifs (C(OH)–C–C–N with tert-alkyl or cyclic N) is 1. The third-order valence-electron chi connectivity index (χ3n) is 6.10. The molecule has 25 heavy (non-hydrogen) atoms. The highest BCUT2D eigenvalue weighted by atomic mass is 16.3. The first-order chi connectivity index (χ1) is 12.0. The van der Waals surface area contributed by atoms with Crippen molar-refractivity contribution in [3.05, 3.63) is 11.6 Å². The molecule has 3 aliphatic rings. The van der Waals surface area contributed by atoms with Crippen molar-refractivity contribution in [3.8, 4) is 0 Å². The number of likely N-dealkylation sites (tertiary alicyclic amines) is 1. The molecule has 0 unspecified atom stereocenters. The summed E-state index contributed by atoms with van der Waals surface area (Å²) >= 11 is 0. The summed E-state index contributed by atoms with van der Waals surface area (Å²) in [7, 11) is 0. The van der Waals surface area contributed by atoms with Crippen LogP contribution < -0.4 is 0 Å². The second kappa shape index (κ2) is 6.68. The molecule has 0 radical (unpaired) electrons. The summed E-state index contributed by atoms with van der Waals surface area (Å²) in [5, 5.41) is 19.0. The lowest BCUT2D eigenvalue weighted by atomic mass is 9.84. The Hall–Kier alpha value is -1.47. The molecule has 3 heterocycles. The van der Waals surface area contributed by atoms with Gasteiger partial charge in [-0.15, -0.1) is 10.2 Å². The zero-order valence-electron chi connectivity index (χ0n) is 15.3. The van der Waals surface area contributed by atoms with Crippen LogP contribution in [0.25, 0.3) is 0 Å². The van der Waals surface area contributed by atoms with Gasteiger partial charge in [0.2, 0.25) is 5.91 Å². The molecule has 1 aromatic heterocycles. The molecule has 2 atom stereocenters. The Morgan fingerprint density at radius 3 is 2.68 bits per heavy atom. The number of hydrogen-bond acceptors (Lipinski definition) is 5. The van der Waals surface area contributed by atoms with Crippen LogP contribution >= 0.6 is 0 Å². The number of carbonyl (C=O) groups is 1. The van der Waals surface area contributed by atoms with Crippen LogP contribution in [-0.4, -0.2) is 67.4 Å². The summed E-state index contributed by atoms with van der Waals surface area (Å²) in [6.07, 6.45) is 4.47. The van der Waals surface area contributed by atoms with Crippen molar-refractivity contribution in [2.24, 2.45) is 5.92 Å². The summed E-state index contributed by atoms with van der Waals surface area (Å²) < 4.78 is 2.20. The number of aromatic nitrogens is 3. The summed E-state index contributed by atoms with van der Waals surface area (Å²) in [5.74, 6) is 2.51. The monoisotopic (exact) mass is 347 g/mol. The van der Waals surface area contributed by atoms with Crippen molar-refractivity contribution < 1.29 is 9.90 Å². The van der Waals surface area contributed by atoms with Crippen LogP contribution in [0.4, 0.5) is 0 Å². The van der Waals surface area contributed by atoms with Gasteiger partial charge < -0.3 is 14.6 Å². The number of fused-ring (bicyclic) bond motifs is 1. The zero-order chi connectivity index (χ0) is 17.6. The highest BCUT2D eigenvalue weighted by molar-refractivity contribution is 5.79. The third kappa shape index (κ3) is 3.08. The highest BCUT2D eigenvalue weighted by Gasteiger charge is 2.38. The van der Waals surface area contributed by atoms with E-state index in [2.05, 4.69) is 33.5 Å². The lowest BCUT2D eigenvalue weighted by Crippen LogP contribution is -2.40. The number of nitrogens with zero attached hydrogens (tertiary/aromatic N) is 5. The molecule has 1 saturated carbocycles. The SMILES string of the molecule is CC(C)N1C[C@H](O)C[C@H]1c1nnc2n1CCN(C(=O)C1CCC1)CC2. The lowest BCUT2D eigenvalue weighted by molar-refractivity contribution is -0.138. The number of hydrogen-bond donors (Lipinski definition) is 1. The molecule has 2 fully saturated rings. The molecule has 4 rings (SSSR count). The molecule has 1 N–H and O–H groups in total. The minimum absolute atomic E-state index is 0.116. The quantitative estimate of drug-likeness (QED) is 0.882. The predicted molar refractivity (Wildman–Crippen MR) is 92.9 cm³/mol. The number of rotatable bonds is 3. The van der Waals surface area contributed by atoms with Crippen LogP contribution in [0.15, 0.2) is 0 Å². The van der Waals surface area contributed by atoms with E-state index in [-0.39, 0.29) is 18.1 Å². The van der Waals surface area contributed by atoms with E-state index in [0.717, 1.165) is 50.5 Å². The topological polar surface area (TPSA) is 74.5 Å². The Balaban J connectivity index is 1.52. The Kier molecular flexibility index (Phi) is 4.54. The molecular weight excluding hydrogens is 318 g/mol. The second-order valence-corrected chi connectivity index (χ2v) is 8.03. The largest absolute Gasteiger partial charge is 0.392 e. The van der Waals surface area contributed by atoms with Gasteiger partial charge in [0.15, 0.2) is 5.82 Å². The van der Waals surface area contributed by atoms with Gasteiger partial charge in [-0.1, -0.05) is 6.42 Å². The van der Waals surface area contributed by atoms with E-state index in [1.165, 1.54) is 6.42 Å². The maximum Gasteiger partial charge on any atom is 0.225 e. The van der Waals surface area contributed by atoms with Gasteiger partial charge in [0, 0.05) is 44.6 Å². The Bertz CT molecular complexity index is 639. The van der Waals surface area contributed by atoms with Crippen molar-refractivity contribution in [3.63, 3.8) is 0 Å². The van der Waals surface area contributed by atoms with Crippen molar-refractivity contribution in [2.45, 2.75) is 70.7 Å². The Morgan fingerprint density at radius 2 is 2.00 bits per heavy atom. The molecule has 1 aromatic rings. The van der Waals surface area contributed by atoms with E-state index in [1.807, 2.05) is 4.90 Å². The average molecular weight is 347 g/mol. The van der Waals surface area contributed by atoms with Crippen LogP contribution in [-0.2, 0) is 17.8 Å². The summed E-state index contributed by atoms with van der Waals surface area (Å²) in [6, 6.07) is 0.475. The third-order valence-corrected chi connectivity index (χ3v) is 6.10. The lowest BCUT2D eigenvalue weighted by Gasteiger charge is -2.31. The minimum atomic E-state index is -0.303. The second-order valence-electron chi connectivity index (χ2n) is 8.03. The summed E-state index contributed by atoms with van der Waals surface area (Å²) in [5.41, 5.74) is 0. The molecule has 2 aliphatic heterocycles. The molecule has 0 aromatic carbocycles. The molecule has 7 nitrogen and oxygen atoms in total. The van der Waals surface area contributed by atoms with Crippen molar-refractivity contribution >= 4 is 5.91 Å². The van der Waals surface area contributed by atoms with Gasteiger partial charge in [-0.25, -0.2) is 0 Å². The first-order valence-corrected chi connectivity index (χ1v) is 9.69. The maximum atomic E-state index is 12.6. The Labute approximate surface area is 149 Å². The standard InChI is InChI=1S/C18H29N5O2/c1-12(2)23-11-14(24)10-15(23)17-20-19-16-6-7-21(8-9-22(16)17)18(25)13-4-3-5-13/h12-15,24H,3-11H2,1-2H3/t14-,15+/m1/s1. The first-order valence-electron chi connectivity index (χ1n) is 9.69. The maximum absolute atomic E-state index is 12.6. The van der Waals surface area contributed by atoms with Gasteiger partial charge in [-0.05, 0) is 33.1 Å². The fourth-order valence-electron chi connectivity index (χ4n) is 4.39.